The van der Waals surface area contributed by atoms with Crippen molar-refractivity contribution in [1.29, 1.82) is 0 Å². The molecule has 4 aliphatic carbocycles. The molecule has 3 fully saturated rings. The maximum absolute atomic E-state index is 6.47. The fraction of sp³-hybridized carbons (Fsp3) is 0.882. The molecular formula is C51H91NO4. The van der Waals surface area contributed by atoms with E-state index in [4.69, 9.17) is 18.9 Å². The van der Waals surface area contributed by atoms with Crippen molar-refractivity contribution in [2.75, 3.05) is 59.8 Å². The van der Waals surface area contributed by atoms with Gasteiger partial charge in [0.05, 0.1) is 45.2 Å². The smallest absolute Gasteiger partial charge is 0.0935 e. The van der Waals surface area contributed by atoms with E-state index in [0.717, 1.165) is 75.0 Å². The minimum absolute atomic E-state index is 0.0825. The summed E-state index contributed by atoms with van der Waals surface area (Å²) in [6.07, 6.45) is 39.5. The fourth-order valence-electron chi connectivity index (χ4n) is 12.1. The van der Waals surface area contributed by atoms with E-state index in [0.29, 0.717) is 50.0 Å². The Balaban J connectivity index is 1.05. The number of nitrogens with zero attached hydrogens (tertiary/aromatic N) is 1. The molecule has 0 aromatic rings. The summed E-state index contributed by atoms with van der Waals surface area (Å²) in [5.74, 6) is 4.55. The Bertz CT molecular complexity index is 1130. The van der Waals surface area contributed by atoms with Crippen LogP contribution in [0.5, 0.6) is 0 Å². The maximum Gasteiger partial charge on any atom is 0.0935 e. The molecule has 56 heavy (non-hydrogen) atoms. The summed E-state index contributed by atoms with van der Waals surface area (Å²) in [6, 6.07) is 0. The summed E-state index contributed by atoms with van der Waals surface area (Å²) < 4.78 is 24.9. The third-order valence-corrected chi connectivity index (χ3v) is 15.1. The number of ether oxygens (including phenoxy) is 4. The van der Waals surface area contributed by atoms with Crippen molar-refractivity contribution in [2.45, 2.75) is 189 Å². The first-order valence-electron chi connectivity index (χ1n) is 24.3. The zero-order chi connectivity index (χ0) is 40.1. The van der Waals surface area contributed by atoms with Crippen molar-refractivity contribution in [3.05, 3.63) is 36.0 Å². The highest BCUT2D eigenvalue weighted by atomic mass is 16.6. The van der Waals surface area contributed by atoms with Gasteiger partial charge in [-0.3, -0.25) is 0 Å². The molecule has 0 aromatic carbocycles. The first-order chi connectivity index (χ1) is 27.3. The van der Waals surface area contributed by atoms with E-state index in [1.165, 1.54) is 109 Å². The average molecular weight is 782 g/mol. The predicted molar refractivity (Wildman–Crippen MR) is 238 cm³/mol. The molecule has 0 N–H and O–H groups in total. The third-order valence-electron chi connectivity index (χ3n) is 15.1. The molecule has 0 radical (unpaired) electrons. The van der Waals surface area contributed by atoms with Gasteiger partial charge in [0, 0.05) is 13.2 Å². The fourth-order valence-corrected chi connectivity index (χ4v) is 12.1. The van der Waals surface area contributed by atoms with E-state index in [1.54, 1.807) is 5.57 Å². The van der Waals surface area contributed by atoms with Crippen LogP contribution >= 0.6 is 0 Å². The molecule has 0 aliphatic heterocycles. The molecule has 9 unspecified atom stereocenters. The molecule has 5 nitrogen and oxygen atoms in total. The van der Waals surface area contributed by atoms with Crippen LogP contribution < -0.4 is 0 Å². The lowest BCUT2D eigenvalue weighted by Crippen LogP contribution is -2.51. The van der Waals surface area contributed by atoms with Gasteiger partial charge in [-0.2, -0.15) is 0 Å². The number of allylic oxidation sites excluding steroid dienone is 5. The van der Waals surface area contributed by atoms with E-state index in [2.05, 4.69) is 83.9 Å². The second kappa shape index (κ2) is 26.3. The van der Waals surface area contributed by atoms with Crippen LogP contribution in [0.4, 0.5) is 0 Å². The Kier molecular flexibility index (Phi) is 22.4. The number of unbranched alkanes of at least 4 members (excludes halogenated alkanes) is 7. The van der Waals surface area contributed by atoms with E-state index in [1.807, 2.05) is 0 Å². The first kappa shape index (κ1) is 47.7. The molecule has 0 amide bonds. The van der Waals surface area contributed by atoms with E-state index >= 15 is 0 Å². The van der Waals surface area contributed by atoms with Crippen LogP contribution in [0.1, 0.15) is 176 Å². The lowest BCUT2D eigenvalue weighted by molar-refractivity contribution is -0.0729. The second-order valence-corrected chi connectivity index (χ2v) is 19.3. The SMILES string of the molecule is CCCC=CCC=CCCCCCCCCOCC(CN(C)CCC)OCCOCCOC1CCC2(C)C(=CCC3C2CCC2(C)C(C(C)CCC)CCC32)C1. The highest BCUT2D eigenvalue weighted by Crippen LogP contribution is 2.67. The lowest BCUT2D eigenvalue weighted by Gasteiger charge is -2.58. The standard InChI is InChI=1S/C51H91NO4/c1-8-11-12-13-14-15-16-17-18-19-20-21-22-23-34-54-41-45(40-52(7)33-10-3)56-38-36-53-35-37-55-44-29-31-50(5)43(39-44)25-26-46-48-28-27-47(42(4)24-9-2)51(48,6)32-30-49(46)50/h12-13,15-16,25,42,44-49H,8-11,14,17-24,26-41H2,1-7H3. The number of likely N-dealkylation sites (N-methyl/N-ethyl adjacent to an activating group) is 1. The Morgan fingerprint density at radius 3 is 2.32 bits per heavy atom. The van der Waals surface area contributed by atoms with Gasteiger partial charge in [0.1, 0.15) is 0 Å². The summed E-state index contributed by atoms with van der Waals surface area (Å²) in [5, 5.41) is 0. The van der Waals surface area contributed by atoms with Crippen molar-refractivity contribution in [1.82, 2.24) is 4.90 Å². The molecule has 4 aliphatic rings. The summed E-state index contributed by atoms with van der Waals surface area (Å²) in [6.45, 7) is 20.8. The summed E-state index contributed by atoms with van der Waals surface area (Å²) in [5.41, 5.74) is 2.69. The van der Waals surface area contributed by atoms with Crippen molar-refractivity contribution >= 4 is 0 Å². The lowest BCUT2D eigenvalue weighted by atomic mass is 9.47. The average Bonchev–Trinajstić information content (AvgIpc) is 3.54. The Morgan fingerprint density at radius 2 is 1.54 bits per heavy atom. The van der Waals surface area contributed by atoms with Crippen LogP contribution in [0.25, 0.3) is 0 Å². The van der Waals surface area contributed by atoms with Crippen molar-refractivity contribution in [3.8, 4) is 0 Å². The molecule has 3 saturated carbocycles. The molecule has 4 rings (SSSR count). The second-order valence-electron chi connectivity index (χ2n) is 19.3. The van der Waals surface area contributed by atoms with Crippen LogP contribution in [-0.2, 0) is 18.9 Å². The summed E-state index contributed by atoms with van der Waals surface area (Å²) in [7, 11) is 2.19. The van der Waals surface area contributed by atoms with E-state index in [9.17, 15) is 0 Å². The number of hydrogen-bond acceptors (Lipinski definition) is 5. The first-order valence-corrected chi connectivity index (χ1v) is 24.3. The van der Waals surface area contributed by atoms with Crippen molar-refractivity contribution < 1.29 is 18.9 Å². The van der Waals surface area contributed by atoms with Gasteiger partial charge in [-0.25, -0.2) is 0 Å². The maximum atomic E-state index is 6.47. The monoisotopic (exact) mass is 782 g/mol. The van der Waals surface area contributed by atoms with Gasteiger partial charge < -0.3 is 23.8 Å². The van der Waals surface area contributed by atoms with Crippen molar-refractivity contribution in [2.24, 2.45) is 40.4 Å². The zero-order valence-electron chi connectivity index (χ0n) is 38.0. The largest absolute Gasteiger partial charge is 0.379 e. The quantitative estimate of drug-likeness (QED) is 0.0536. The Hall–Kier alpha value is -0.980. The van der Waals surface area contributed by atoms with Crippen LogP contribution in [0.2, 0.25) is 0 Å². The molecule has 0 saturated heterocycles. The minimum atomic E-state index is 0.0825. The normalized spacial score (nSPS) is 30.1. The molecule has 5 heteroatoms. The number of fused-ring (bicyclic) bond motifs is 5. The molecule has 0 aromatic heterocycles. The van der Waals surface area contributed by atoms with Crippen LogP contribution in [-0.4, -0.2) is 76.9 Å². The van der Waals surface area contributed by atoms with Gasteiger partial charge in [-0.15, -0.1) is 0 Å². The van der Waals surface area contributed by atoms with Gasteiger partial charge in [0.15, 0.2) is 0 Å². The van der Waals surface area contributed by atoms with Gasteiger partial charge in [0.25, 0.3) is 0 Å². The van der Waals surface area contributed by atoms with Gasteiger partial charge in [-0.05, 0) is 144 Å². The Morgan fingerprint density at radius 1 is 0.768 bits per heavy atom. The Labute approximate surface area is 347 Å². The highest BCUT2D eigenvalue weighted by molar-refractivity contribution is 5.25. The van der Waals surface area contributed by atoms with Gasteiger partial charge in [-0.1, -0.05) is 122 Å². The molecule has 0 bridgehead atoms. The van der Waals surface area contributed by atoms with Crippen molar-refractivity contribution in [3.63, 3.8) is 0 Å². The highest BCUT2D eigenvalue weighted by Gasteiger charge is 2.59. The third kappa shape index (κ3) is 14.6. The topological polar surface area (TPSA) is 40.2 Å². The molecule has 324 valence electrons. The summed E-state index contributed by atoms with van der Waals surface area (Å²) >= 11 is 0. The molecule has 9 atom stereocenters. The zero-order valence-corrected chi connectivity index (χ0v) is 38.0. The van der Waals surface area contributed by atoms with Crippen LogP contribution in [0, 0.1) is 40.4 Å². The molecular weight excluding hydrogens is 691 g/mol. The minimum Gasteiger partial charge on any atom is -0.379 e. The predicted octanol–water partition coefficient (Wildman–Crippen LogP) is 13.2. The van der Waals surface area contributed by atoms with E-state index in [-0.39, 0.29) is 6.10 Å². The van der Waals surface area contributed by atoms with Gasteiger partial charge in [0.2, 0.25) is 0 Å². The van der Waals surface area contributed by atoms with Gasteiger partial charge >= 0.3 is 0 Å². The van der Waals surface area contributed by atoms with E-state index < -0.39 is 0 Å². The molecule has 0 heterocycles. The van der Waals surface area contributed by atoms with Crippen LogP contribution in [0.15, 0.2) is 36.0 Å². The summed E-state index contributed by atoms with van der Waals surface area (Å²) in [4.78, 5) is 2.36. The molecule has 0 spiro atoms. The number of hydrogen-bond donors (Lipinski definition) is 0. The number of rotatable bonds is 30. The van der Waals surface area contributed by atoms with Crippen LogP contribution in [0.3, 0.4) is 0 Å².